The van der Waals surface area contributed by atoms with Crippen molar-refractivity contribution in [3.05, 3.63) is 40.4 Å². The van der Waals surface area contributed by atoms with Crippen molar-refractivity contribution in [2.45, 2.75) is 90.8 Å². The summed E-state index contributed by atoms with van der Waals surface area (Å²) >= 11 is 6.92. The first-order chi connectivity index (χ1) is 17.0. The zero-order chi connectivity index (χ0) is 25.3. The lowest BCUT2D eigenvalue weighted by molar-refractivity contribution is -0.324. The van der Waals surface area contributed by atoms with Gasteiger partial charge in [0.15, 0.2) is 5.79 Å². The van der Waals surface area contributed by atoms with Crippen LogP contribution in [0.5, 0.6) is 0 Å². The summed E-state index contributed by atoms with van der Waals surface area (Å²) in [5.74, 6) is 1.81. The van der Waals surface area contributed by atoms with E-state index in [-0.39, 0.29) is 16.6 Å². The van der Waals surface area contributed by atoms with E-state index in [0.29, 0.717) is 11.3 Å². The van der Waals surface area contributed by atoms with E-state index in [1.54, 1.807) is 5.57 Å². The maximum Gasteiger partial charge on any atom is 0.168 e. The molecular weight excluding hydrogens is 466 g/mol. The molecule has 4 fully saturated rings. The molecule has 0 bridgehead atoms. The van der Waals surface area contributed by atoms with Crippen LogP contribution in [0.25, 0.3) is 0 Å². The van der Waals surface area contributed by atoms with Crippen LogP contribution in [-0.4, -0.2) is 33.1 Å². The highest BCUT2D eigenvalue weighted by Gasteiger charge is 2.59. The fraction of sp³-hybridized carbons (Fsp3) is 0.750. The number of nitrogens with zero attached hydrogens (tertiary/aromatic N) is 1. The highest BCUT2D eigenvalue weighted by Crippen LogP contribution is 2.66. The van der Waals surface area contributed by atoms with Crippen LogP contribution in [0.3, 0.4) is 0 Å². The summed E-state index contributed by atoms with van der Waals surface area (Å²) < 4.78 is 13.2. The third-order valence-electron chi connectivity index (χ3n) is 11.0. The first-order valence-corrected chi connectivity index (χ1v) is 14.9. The Morgan fingerprint density at radius 3 is 2.53 bits per heavy atom. The van der Waals surface area contributed by atoms with Crippen molar-refractivity contribution >= 4 is 17.3 Å². The number of fused-ring (bicyclic) bond motifs is 5. The van der Waals surface area contributed by atoms with Crippen LogP contribution in [0.15, 0.2) is 29.8 Å². The number of allylic oxidation sites excluding steroid dienone is 2. The van der Waals surface area contributed by atoms with E-state index in [2.05, 4.69) is 64.0 Å². The summed E-state index contributed by atoms with van der Waals surface area (Å²) in [6, 6.07) is 6.61. The minimum Gasteiger partial charge on any atom is -0.378 e. The number of hydrogen-bond acceptors (Lipinski definition) is 3. The topological polar surface area (TPSA) is 21.7 Å². The molecule has 3 nitrogen and oxygen atoms in total. The first kappa shape index (κ1) is 25.3. The molecule has 1 saturated heterocycles. The molecule has 1 aromatic carbocycles. The maximum atomic E-state index is 6.92. The molecule has 1 heterocycles. The predicted molar refractivity (Wildman–Crippen MR) is 149 cm³/mol. The van der Waals surface area contributed by atoms with Gasteiger partial charge in [-0.3, -0.25) is 0 Å². The largest absolute Gasteiger partial charge is 0.378 e. The average Bonchev–Trinajstić information content (AvgIpc) is 3.24. The van der Waals surface area contributed by atoms with Crippen LogP contribution in [0.4, 0.5) is 5.69 Å². The number of anilines is 1. The van der Waals surface area contributed by atoms with Gasteiger partial charge in [0.2, 0.25) is 0 Å². The number of hydrogen-bond donors (Lipinski definition) is 0. The molecule has 5 atom stereocenters. The van der Waals surface area contributed by atoms with Gasteiger partial charge in [-0.25, -0.2) is 0 Å². The Morgan fingerprint density at radius 1 is 1.00 bits per heavy atom. The summed E-state index contributed by atoms with van der Waals surface area (Å²) in [7, 11) is 4.25. The zero-order valence-corrected chi connectivity index (χ0v) is 23.9. The fourth-order valence-electron chi connectivity index (χ4n) is 8.92. The van der Waals surface area contributed by atoms with Gasteiger partial charge in [0.05, 0.1) is 13.2 Å². The van der Waals surface area contributed by atoms with Crippen LogP contribution in [0.2, 0.25) is 5.02 Å². The van der Waals surface area contributed by atoms with Crippen molar-refractivity contribution in [3.8, 4) is 0 Å². The third-order valence-corrected chi connectivity index (χ3v) is 11.4. The summed E-state index contributed by atoms with van der Waals surface area (Å²) in [6.07, 6.45) is 15.1. The van der Waals surface area contributed by atoms with E-state index in [0.717, 1.165) is 55.8 Å². The van der Waals surface area contributed by atoms with Gasteiger partial charge < -0.3 is 14.4 Å². The molecule has 4 heteroatoms. The SMILES string of the molecule is CN(C)c1ccc(Cl)c(C[C@]23CCC4(C[C@@H]2CC[C@@H]2C3=CC[C@]3(C)CCC[C@@H]23)OCC(C)(C)CO4)c1. The second-order valence-corrected chi connectivity index (χ2v) is 14.7. The Kier molecular flexibility index (Phi) is 6.14. The second kappa shape index (κ2) is 8.75. The number of rotatable bonds is 3. The number of ether oxygens (including phenoxy) is 2. The molecular formula is C32H46ClNO2. The lowest BCUT2D eigenvalue weighted by Gasteiger charge is -2.60. The van der Waals surface area contributed by atoms with Crippen molar-refractivity contribution in [1.82, 2.24) is 0 Å². The number of halogens is 1. The van der Waals surface area contributed by atoms with Gasteiger partial charge in [0.1, 0.15) is 0 Å². The Bertz CT molecular complexity index is 1040. The Labute approximate surface area is 223 Å². The van der Waals surface area contributed by atoms with Crippen molar-refractivity contribution in [2.75, 3.05) is 32.2 Å². The van der Waals surface area contributed by atoms with E-state index in [1.165, 1.54) is 49.8 Å². The molecule has 0 radical (unpaired) electrons. The summed E-state index contributed by atoms with van der Waals surface area (Å²) in [6.45, 7) is 8.69. The summed E-state index contributed by atoms with van der Waals surface area (Å²) in [5, 5.41) is 0.921. The molecule has 198 valence electrons. The monoisotopic (exact) mass is 511 g/mol. The highest BCUT2D eigenvalue weighted by atomic mass is 35.5. The van der Waals surface area contributed by atoms with E-state index in [1.807, 2.05) is 0 Å². The maximum absolute atomic E-state index is 6.92. The van der Waals surface area contributed by atoms with Gasteiger partial charge in [-0.05, 0) is 97.3 Å². The zero-order valence-electron chi connectivity index (χ0n) is 23.2. The van der Waals surface area contributed by atoms with Gasteiger partial charge in [-0.2, -0.15) is 0 Å². The highest BCUT2D eigenvalue weighted by molar-refractivity contribution is 6.31. The third kappa shape index (κ3) is 4.07. The molecule has 0 unspecified atom stereocenters. The standard InChI is InChI=1S/C32H46ClNO2/c1-29(2)20-35-32(36-21-29)16-15-31(18-22-17-24(34(4)5)9-11-28(22)33)23(19-32)8-10-25-26-7-6-13-30(26,3)14-12-27(25)31/h9,11-12,17,23,25-26H,6-8,10,13-16,18-21H2,1-5H3/t23-,25-,26-,30-,31+/m0/s1. The van der Waals surface area contributed by atoms with E-state index < -0.39 is 0 Å². The Balaban J connectivity index is 1.38. The second-order valence-electron chi connectivity index (χ2n) is 14.3. The summed E-state index contributed by atoms with van der Waals surface area (Å²) in [5.41, 5.74) is 5.14. The van der Waals surface area contributed by atoms with Gasteiger partial charge in [0.25, 0.3) is 0 Å². The molecule has 0 aromatic heterocycles. The van der Waals surface area contributed by atoms with Crippen LogP contribution in [0, 0.1) is 34.0 Å². The van der Waals surface area contributed by atoms with Crippen molar-refractivity contribution in [3.63, 3.8) is 0 Å². The molecule has 36 heavy (non-hydrogen) atoms. The number of benzene rings is 1. The summed E-state index contributed by atoms with van der Waals surface area (Å²) in [4.78, 5) is 2.20. The van der Waals surface area contributed by atoms with Crippen molar-refractivity contribution < 1.29 is 9.47 Å². The van der Waals surface area contributed by atoms with Gasteiger partial charge in [-0.15, -0.1) is 0 Å². The molecule has 5 aliphatic rings. The van der Waals surface area contributed by atoms with Crippen molar-refractivity contribution in [1.29, 1.82) is 0 Å². The quantitative estimate of drug-likeness (QED) is 0.383. The first-order valence-electron chi connectivity index (χ1n) is 14.5. The molecule has 0 amide bonds. The van der Waals surface area contributed by atoms with E-state index in [4.69, 9.17) is 21.1 Å². The minimum atomic E-state index is -0.386. The normalized spacial score (nSPS) is 38.6. The van der Waals surface area contributed by atoms with Crippen LogP contribution in [0.1, 0.15) is 84.1 Å². The molecule has 4 aliphatic carbocycles. The predicted octanol–water partition coefficient (Wildman–Crippen LogP) is 8.05. The van der Waals surface area contributed by atoms with Crippen LogP contribution in [-0.2, 0) is 15.9 Å². The minimum absolute atomic E-state index is 0.108. The smallest absolute Gasteiger partial charge is 0.168 e. The van der Waals surface area contributed by atoms with Gasteiger partial charge >= 0.3 is 0 Å². The lowest BCUT2D eigenvalue weighted by Crippen LogP contribution is -2.57. The lowest BCUT2D eigenvalue weighted by atomic mass is 9.47. The molecule has 1 spiro atoms. The van der Waals surface area contributed by atoms with Gasteiger partial charge in [-0.1, -0.05) is 50.4 Å². The molecule has 6 rings (SSSR count). The van der Waals surface area contributed by atoms with Crippen LogP contribution >= 0.6 is 11.6 Å². The van der Waals surface area contributed by atoms with Crippen molar-refractivity contribution in [2.24, 2.45) is 34.0 Å². The average molecular weight is 512 g/mol. The van der Waals surface area contributed by atoms with E-state index >= 15 is 0 Å². The van der Waals surface area contributed by atoms with Crippen LogP contribution < -0.4 is 4.90 Å². The Morgan fingerprint density at radius 2 is 1.78 bits per heavy atom. The molecule has 1 aromatic rings. The van der Waals surface area contributed by atoms with Gasteiger partial charge in [0, 0.05) is 43.1 Å². The molecule has 1 aliphatic heterocycles. The molecule has 0 N–H and O–H groups in total. The fourth-order valence-corrected chi connectivity index (χ4v) is 9.10. The Hall–Kier alpha value is -1.03. The van der Waals surface area contributed by atoms with E-state index in [9.17, 15) is 0 Å². The molecule has 3 saturated carbocycles.